The van der Waals surface area contributed by atoms with Crippen molar-refractivity contribution >= 4 is 29.1 Å². The number of esters is 1. The number of carboxylic acids is 1. The maximum absolute atomic E-state index is 14.9. The molecule has 0 aliphatic carbocycles. The monoisotopic (exact) mass is 927 g/mol. The van der Waals surface area contributed by atoms with Gasteiger partial charge < -0.3 is 43.6 Å². The van der Waals surface area contributed by atoms with Gasteiger partial charge in [-0.25, -0.2) is 27.2 Å². The predicted octanol–water partition coefficient (Wildman–Crippen LogP) is 7.96. The standard InChI is InChI=1S/C32H39F2NO9.C17H18F2O3/c1-22-26(33)7-8-27(34)28(22)29-25(32(38)39-2)21-35-30(29)31(37)24-5-3-23(4-6-24)9-11-40-13-15-42-17-19-44-20-18-43-16-14-41-12-10-36;1-5-11(17(21)22)15(10(4)14(20)6-2)16-9(3)12(18)7-8-13(16)19/h3-8,21,35-36H,9-20H2,1-2H3;5,7-8H,6H2,1-4H3,(H,21,22)/b;11-5+,15-10-. The van der Waals surface area contributed by atoms with Crippen LogP contribution in [0.15, 0.2) is 72.0 Å². The second kappa shape index (κ2) is 28.3. The maximum Gasteiger partial charge on any atom is 0.340 e. The Kier molecular flexibility index (Phi) is 23.3. The van der Waals surface area contributed by atoms with E-state index in [1.54, 1.807) is 31.2 Å². The van der Waals surface area contributed by atoms with Gasteiger partial charge >= 0.3 is 11.9 Å². The van der Waals surface area contributed by atoms with Crippen molar-refractivity contribution in [2.45, 2.75) is 47.5 Å². The normalized spacial score (nSPS) is 11.8. The van der Waals surface area contributed by atoms with Crippen molar-refractivity contribution in [3.05, 3.63) is 134 Å². The fraction of sp³-hybridized carbons (Fsp3) is 0.388. The van der Waals surface area contributed by atoms with E-state index in [1.165, 1.54) is 47.1 Å². The van der Waals surface area contributed by atoms with E-state index in [-0.39, 0.29) is 74.6 Å². The van der Waals surface area contributed by atoms with E-state index < -0.39 is 41.0 Å². The topological polar surface area (TPSA) is 180 Å². The zero-order valence-corrected chi connectivity index (χ0v) is 38.0. The molecule has 13 nitrogen and oxygen atoms in total. The Bertz CT molecular complexity index is 2320. The summed E-state index contributed by atoms with van der Waals surface area (Å²) < 4.78 is 89.0. The lowest BCUT2D eigenvalue weighted by Gasteiger charge is -2.16. The number of nitrogens with one attached hydrogen (secondary N) is 1. The van der Waals surface area contributed by atoms with Crippen molar-refractivity contribution in [3.63, 3.8) is 0 Å². The van der Waals surface area contributed by atoms with Gasteiger partial charge in [-0.05, 0) is 75.1 Å². The minimum absolute atomic E-state index is 0.00194. The predicted molar refractivity (Wildman–Crippen MR) is 237 cm³/mol. The number of allylic oxidation sites excluding steroid dienone is 2. The summed E-state index contributed by atoms with van der Waals surface area (Å²) in [6.45, 7) is 11.5. The molecule has 358 valence electrons. The number of benzene rings is 3. The number of methoxy groups -OCH3 is 1. The SMILES string of the molecule is C/C=C(C(=O)O)\C(=C(/C)C(=O)CC)c1c(F)ccc(F)c1C.COC(=O)c1c[nH]c(C(=O)c2ccc(CCOCCOCCOCCOCCOCCO)cc2)c1-c1c(F)ccc(F)c1C. The van der Waals surface area contributed by atoms with Crippen LogP contribution in [0.25, 0.3) is 16.7 Å². The minimum Gasteiger partial charge on any atom is -0.478 e. The van der Waals surface area contributed by atoms with Gasteiger partial charge in [-0.2, -0.15) is 0 Å². The maximum atomic E-state index is 14.9. The van der Waals surface area contributed by atoms with Gasteiger partial charge in [0.25, 0.3) is 0 Å². The van der Waals surface area contributed by atoms with Crippen molar-refractivity contribution in [1.29, 1.82) is 0 Å². The Hall–Kier alpha value is -5.82. The van der Waals surface area contributed by atoms with Crippen LogP contribution >= 0.6 is 0 Å². The van der Waals surface area contributed by atoms with E-state index >= 15 is 0 Å². The number of carbonyl (C=O) groups excluding carboxylic acids is 3. The quantitative estimate of drug-likeness (QED) is 0.0138. The third-order valence-corrected chi connectivity index (χ3v) is 10.1. The van der Waals surface area contributed by atoms with Crippen LogP contribution in [0, 0.1) is 37.1 Å². The first-order valence-corrected chi connectivity index (χ1v) is 21.1. The van der Waals surface area contributed by atoms with E-state index in [4.69, 9.17) is 33.5 Å². The number of H-pyrrole nitrogens is 1. The van der Waals surface area contributed by atoms with Gasteiger partial charge in [0.2, 0.25) is 5.78 Å². The first-order valence-electron chi connectivity index (χ1n) is 21.1. The summed E-state index contributed by atoms with van der Waals surface area (Å²) in [4.78, 5) is 52.0. The molecule has 0 aliphatic rings. The number of aromatic amines is 1. The fourth-order valence-corrected chi connectivity index (χ4v) is 6.56. The number of hydrogen-bond donors (Lipinski definition) is 3. The molecule has 0 saturated carbocycles. The van der Waals surface area contributed by atoms with Crippen LogP contribution in [-0.2, 0) is 44.4 Å². The van der Waals surface area contributed by atoms with Gasteiger partial charge in [-0.15, -0.1) is 0 Å². The highest BCUT2D eigenvalue weighted by molar-refractivity contribution is 6.15. The second-order valence-corrected chi connectivity index (χ2v) is 14.3. The lowest BCUT2D eigenvalue weighted by atomic mass is 9.88. The molecule has 0 amide bonds. The lowest BCUT2D eigenvalue weighted by molar-refractivity contribution is -0.132. The van der Waals surface area contributed by atoms with E-state index in [2.05, 4.69) is 4.98 Å². The molecule has 0 unspecified atom stereocenters. The number of halogens is 4. The van der Waals surface area contributed by atoms with Crippen LogP contribution in [0.3, 0.4) is 0 Å². The molecular weight excluding hydrogens is 871 g/mol. The van der Waals surface area contributed by atoms with Crippen LogP contribution in [-0.4, -0.2) is 118 Å². The molecule has 0 fully saturated rings. The van der Waals surface area contributed by atoms with Crippen molar-refractivity contribution in [1.82, 2.24) is 4.98 Å². The Balaban J connectivity index is 0.000000440. The van der Waals surface area contributed by atoms with E-state index in [9.17, 15) is 41.8 Å². The Morgan fingerprint density at radius 1 is 0.682 bits per heavy atom. The molecule has 0 saturated heterocycles. The molecular formula is C49H57F4NO12. The number of aliphatic hydroxyl groups is 1. The van der Waals surface area contributed by atoms with Crippen LogP contribution in [0.5, 0.6) is 0 Å². The summed E-state index contributed by atoms with van der Waals surface area (Å²) in [6, 6.07) is 10.7. The summed E-state index contributed by atoms with van der Waals surface area (Å²) in [5.41, 5.74) is 0.449. The molecule has 0 spiro atoms. The number of aliphatic hydroxyl groups excluding tert-OH is 1. The minimum atomic E-state index is -1.30. The van der Waals surface area contributed by atoms with Crippen LogP contribution < -0.4 is 0 Å². The summed E-state index contributed by atoms with van der Waals surface area (Å²) >= 11 is 0. The molecule has 3 aromatic carbocycles. The van der Waals surface area contributed by atoms with Crippen molar-refractivity contribution in [2.75, 3.05) is 79.8 Å². The van der Waals surface area contributed by atoms with Gasteiger partial charge in [0.15, 0.2) is 5.78 Å². The number of Topliss-reactive ketones (excluding diaryl/α,β-unsaturated/α-hetero) is 1. The number of ketones is 2. The third kappa shape index (κ3) is 15.4. The van der Waals surface area contributed by atoms with Gasteiger partial charge in [0, 0.05) is 46.0 Å². The van der Waals surface area contributed by atoms with Gasteiger partial charge in [0.1, 0.15) is 23.3 Å². The zero-order valence-electron chi connectivity index (χ0n) is 38.0. The third-order valence-electron chi connectivity index (χ3n) is 10.1. The molecule has 0 atom stereocenters. The van der Waals surface area contributed by atoms with Crippen LogP contribution in [0.2, 0.25) is 0 Å². The van der Waals surface area contributed by atoms with Crippen molar-refractivity contribution in [2.24, 2.45) is 0 Å². The van der Waals surface area contributed by atoms with Crippen LogP contribution in [0.4, 0.5) is 17.6 Å². The molecule has 0 bridgehead atoms. The molecule has 3 N–H and O–H groups in total. The number of rotatable bonds is 26. The highest BCUT2D eigenvalue weighted by Gasteiger charge is 2.29. The molecule has 1 heterocycles. The Labute approximate surface area is 381 Å². The molecule has 1 aromatic heterocycles. The summed E-state index contributed by atoms with van der Waals surface area (Å²) in [5, 5.41) is 17.9. The largest absolute Gasteiger partial charge is 0.478 e. The zero-order chi connectivity index (χ0) is 48.8. The molecule has 4 aromatic rings. The van der Waals surface area contributed by atoms with Gasteiger partial charge in [0.05, 0.1) is 96.6 Å². The van der Waals surface area contributed by atoms with E-state index in [0.717, 1.165) is 29.8 Å². The lowest BCUT2D eigenvalue weighted by Crippen LogP contribution is -2.14. The van der Waals surface area contributed by atoms with Crippen molar-refractivity contribution < 1.29 is 75.4 Å². The highest BCUT2D eigenvalue weighted by atomic mass is 19.1. The molecule has 4 rings (SSSR count). The molecule has 66 heavy (non-hydrogen) atoms. The number of ether oxygens (including phenoxy) is 6. The van der Waals surface area contributed by atoms with Gasteiger partial charge in [-0.1, -0.05) is 37.3 Å². The number of carbonyl (C=O) groups is 4. The van der Waals surface area contributed by atoms with Crippen molar-refractivity contribution in [3.8, 4) is 11.1 Å². The number of hydrogen-bond acceptors (Lipinski definition) is 11. The molecule has 17 heteroatoms. The fourth-order valence-electron chi connectivity index (χ4n) is 6.56. The first kappa shape index (κ1) is 54.5. The number of carboxylic acid groups (broad SMARTS) is 1. The average molecular weight is 928 g/mol. The van der Waals surface area contributed by atoms with E-state index in [1.807, 2.05) is 0 Å². The summed E-state index contributed by atoms with van der Waals surface area (Å²) in [5.74, 6) is -5.76. The summed E-state index contributed by atoms with van der Waals surface area (Å²) in [6.07, 6.45) is 3.28. The smallest absolute Gasteiger partial charge is 0.340 e. The van der Waals surface area contributed by atoms with Gasteiger partial charge in [-0.3, -0.25) is 9.59 Å². The Morgan fingerprint density at radius 2 is 1.18 bits per heavy atom. The Morgan fingerprint density at radius 3 is 1.68 bits per heavy atom. The molecule has 0 aliphatic heterocycles. The second-order valence-electron chi connectivity index (χ2n) is 14.3. The average Bonchev–Trinajstić information content (AvgIpc) is 3.75. The first-order chi connectivity index (χ1) is 31.6. The number of aromatic nitrogens is 1. The molecule has 0 radical (unpaired) electrons. The summed E-state index contributed by atoms with van der Waals surface area (Å²) in [7, 11) is 1.17. The number of aliphatic carboxylic acids is 1. The van der Waals surface area contributed by atoms with Crippen LogP contribution in [0.1, 0.15) is 75.9 Å². The van der Waals surface area contributed by atoms with E-state index in [0.29, 0.717) is 78.1 Å². The highest BCUT2D eigenvalue weighted by Crippen LogP contribution is 2.36.